The van der Waals surface area contributed by atoms with Gasteiger partial charge in [-0.05, 0) is 17.5 Å². The van der Waals surface area contributed by atoms with Gasteiger partial charge in [-0.15, -0.1) is 0 Å². The third-order valence-electron chi connectivity index (χ3n) is 1.98. The number of para-hydroxylation sites is 1. The van der Waals surface area contributed by atoms with Gasteiger partial charge in [-0.1, -0.05) is 39.0 Å². The van der Waals surface area contributed by atoms with E-state index in [9.17, 15) is 4.79 Å². The molecular weight excluding hydrogens is 188 g/mol. The fourth-order valence-corrected chi connectivity index (χ4v) is 1.27. The number of nitrogens with zero attached hydrogens (tertiary/aromatic N) is 1. The average molecular weight is 206 g/mol. The summed E-state index contributed by atoms with van der Waals surface area (Å²) in [6.45, 7) is 6.05. The molecule has 0 aliphatic heterocycles. The van der Waals surface area contributed by atoms with Crippen LogP contribution in [0.5, 0.6) is 0 Å². The number of nitrogens with two attached hydrogens (primary N) is 1. The first-order chi connectivity index (χ1) is 6.90. The summed E-state index contributed by atoms with van der Waals surface area (Å²) >= 11 is 0. The van der Waals surface area contributed by atoms with Gasteiger partial charge in [0, 0.05) is 6.42 Å². The topological polar surface area (TPSA) is 46.3 Å². The van der Waals surface area contributed by atoms with E-state index in [0.717, 1.165) is 5.69 Å². The number of rotatable bonds is 2. The minimum Gasteiger partial charge on any atom is -0.273 e. The molecule has 0 saturated heterocycles. The Hall–Kier alpha value is -1.35. The van der Waals surface area contributed by atoms with E-state index in [1.807, 2.05) is 51.1 Å². The van der Waals surface area contributed by atoms with Crippen LogP contribution in [-0.4, -0.2) is 5.91 Å². The van der Waals surface area contributed by atoms with Crippen molar-refractivity contribution in [2.45, 2.75) is 27.2 Å². The lowest BCUT2D eigenvalue weighted by Gasteiger charge is -2.22. The van der Waals surface area contributed by atoms with Gasteiger partial charge in [-0.3, -0.25) is 4.79 Å². The van der Waals surface area contributed by atoms with Gasteiger partial charge in [-0.2, -0.15) is 0 Å². The summed E-state index contributed by atoms with van der Waals surface area (Å²) < 4.78 is 0. The van der Waals surface area contributed by atoms with Gasteiger partial charge in [-0.25, -0.2) is 10.9 Å². The molecule has 0 aliphatic carbocycles. The lowest BCUT2D eigenvalue weighted by molar-refractivity contribution is -0.120. The van der Waals surface area contributed by atoms with Crippen molar-refractivity contribution in [1.82, 2.24) is 0 Å². The van der Waals surface area contributed by atoms with Crippen LogP contribution in [0, 0.1) is 5.41 Å². The Bertz CT molecular complexity index is 327. The van der Waals surface area contributed by atoms with Crippen LogP contribution in [0.3, 0.4) is 0 Å². The Morgan fingerprint density at radius 3 is 2.27 bits per heavy atom. The van der Waals surface area contributed by atoms with E-state index in [1.165, 1.54) is 5.01 Å². The summed E-state index contributed by atoms with van der Waals surface area (Å²) in [6, 6.07) is 9.26. The van der Waals surface area contributed by atoms with E-state index in [4.69, 9.17) is 5.84 Å². The fraction of sp³-hybridized carbons (Fsp3) is 0.417. The van der Waals surface area contributed by atoms with E-state index in [1.54, 1.807) is 0 Å². The van der Waals surface area contributed by atoms with Crippen molar-refractivity contribution in [3.63, 3.8) is 0 Å². The zero-order chi connectivity index (χ0) is 11.5. The number of anilines is 1. The molecule has 0 aliphatic rings. The van der Waals surface area contributed by atoms with Crippen molar-refractivity contribution in [3.8, 4) is 0 Å². The highest BCUT2D eigenvalue weighted by atomic mass is 16.2. The number of carbonyl (C=O) groups excluding carboxylic acids is 1. The number of hydrogen-bond donors (Lipinski definition) is 1. The standard InChI is InChI=1S/C12H18N2O/c1-12(2,3)9-11(15)14(13)10-7-5-4-6-8-10/h4-8H,9,13H2,1-3H3. The van der Waals surface area contributed by atoms with Gasteiger partial charge < -0.3 is 0 Å². The van der Waals surface area contributed by atoms with E-state index in [-0.39, 0.29) is 11.3 Å². The molecule has 1 rings (SSSR count). The second-order valence-corrected chi connectivity index (χ2v) is 4.84. The van der Waals surface area contributed by atoms with Crippen LogP contribution in [0.25, 0.3) is 0 Å². The summed E-state index contributed by atoms with van der Waals surface area (Å²) in [6.07, 6.45) is 0.443. The first kappa shape index (κ1) is 11.7. The molecule has 0 heterocycles. The normalized spacial score (nSPS) is 11.2. The molecule has 1 aromatic carbocycles. The van der Waals surface area contributed by atoms with Crippen LogP contribution in [-0.2, 0) is 4.79 Å². The smallest absolute Gasteiger partial charge is 0.241 e. The van der Waals surface area contributed by atoms with Crippen molar-refractivity contribution in [1.29, 1.82) is 0 Å². The van der Waals surface area contributed by atoms with Crippen molar-refractivity contribution in [3.05, 3.63) is 30.3 Å². The second-order valence-electron chi connectivity index (χ2n) is 4.84. The minimum absolute atomic E-state index is 0.0382. The van der Waals surface area contributed by atoms with E-state index >= 15 is 0 Å². The number of carbonyl (C=O) groups is 1. The van der Waals surface area contributed by atoms with Gasteiger partial charge in [0.1, 0.15) is 0 Å². The van der Waals surface area contributed by atoms with Crippen molar-refractivity contribution in [2.75, 3.05) is 5.01 Å². The first-order valence-corrected chi connectivity index (χ1v) is 5.03. The zero-order valence-electron chi connectivity index (χ0n) is 9.53. The Balaban J connectivity index is 2.70. The Morgan fingerprint density at radius 2 is 1.80 bits per heavy atom. The summed E-state index contributed by atoms with van der Waals surface area (Å²) in [5, 5.41) is 1.21. The maximum absolute atomic E-state index is 11.8. The molecule has 0 saturated carbocycles. The molecule has 0 unspecified atom stereocenters. The molecular formula is C12H18N2O. The lowest BCUT2D eigenvalue weighted by Crippen LogP contribution is -2.39. The largest absolute Gasteiger partial charge is 0.273 e. The Labute approximate surface area is 90.9 Å². The zero-order valence-corrected chi connectivity index (χ0v) is 9.53. The molecule has 3 nitrogen and oxygen atoms in total. The quantitative estimate of drug-likeness (QED) is 0.458. The molecule has 82 valence electrons. The highest BCUT2D eigenvalue weighted by Crippen LogP contribution is 2.21. The molecule has 3 heteroatoms. The molecule has 0 atom stereocenters. The molecule has 0 spiro atoms. The predicted octanol–water partition coefficient (Wildman–Crippen LogP) is 2.33. The monoisotopic (exact) mass is 206 g/mol. The molecule has 0 radical (unpaired) electrons. The van der Waals surface area contributed by atoms with Crippen LogP contribution in [0.1, 0.15) is 27.2 Å². The summed E-state index contributed by atoms with van der Waals surface area (Å²) in [4.78, 5) is 11.8. The van der Waals surface area contributed by atoms with Gasteiger partial charge in [0.15, 0.2) is 0 Å². The van der Waals surface area contributed by atoms with E-state index in [0.29, 0.717) is 6.42 Å². The molecule has 15 heavy (non-hydrogen) atoms. The second kappa shape index (κ2) is 4.45. The summed E-state index contributed by atoms with van der Waals surface area (Å²) in [7, 11) is 0. The SMILES string of the molecule is CC(C)(C)CC(=O)N(N)c1ccccc1. The molecule has 0 bridgehead atoms. The number of amides is 1. The van der Waals surface area contributed by atoms with Gasteiger partial charge in [0.2, 0.25) is 5.91 Å². The number of hydrazine groups is 1. The van der Waals surface area contributed by atoms with Gasteiger partial charge in [0.05, 0.1) is 5.69 Å². The molecule has 1 amide bonds. The first-order valence-electron chi connectivity index (χ1n) is 5.03. The highest BCUT2D eigenvalue weighted by Gasteiger charge is 2.20. The van der Waals surface area contributed by atoms with Crippen molar-refractivity contribution < 1.29 is 4.79 Å². The third kappa shape index (κ3) is 3.72. The minimum atomic E-state index is -0.0614. The molecule has 0 aromatic heterocycles. The maximum atomic E-state index is 11.8. The van der Waals surface area contributed by atoms with Gasteiger partial charge >= 0.3 is 0 Å². The maximum Gasteiger partial charge on any atom is 0.241 e. The Morgan fingerprint density at radius 1 is 1.27 bits per heavy atom. The fourth-order valence-electron chi connectivity index (χ4n) is 1.27. The molecule has 0 fully saturated rings. The molecule has 2 N–H and O–H groups in total. The number of hydrogen-bond acceptors (Lipinski definition) is 2. The van der Waals surface area contributed by atoms with Crippen LogP contribution >= 0.6 is 0 Å². The van der Waals surface area contributed by atoms with Crippen molar-refractivity contribution >= 4 is 11.6 Å². The van der Waals surface area contributed by atoms with Crippen molar-refractivity contribution in [2.24, 2.45) is 11.3 Å². The third-order valence-corrected chi connectivity index (χ3v) is 1.98. The van der Waals surface area contributed by atoms with Crippen LogP contribution < -0.4 is 10.9 Å². The van der Waals surface area contributed by atoms with Crippen LogP contribution in [0.4, 0.5) is 5.69 Å². The van der Waals surface area contributed by atoms with Crippen LogP contribution in [0.15, 0.2) is 30.3 Å². The lowest BCUT2D eigenvalue weighted by atomic mass is 9.92. The highest BCUT2D eigenvalue weighted by molar-refractivity contribution is 5.92. The Kier molecular flexibility index (Phi) is 3.48. The van der Waals surface area contributed by atoms with E-state index in [2.05, 4.69) is 0 Å². The summed E-state index contributed by atoms with van der Waals surface area (Å²) in [5.74, 6) is 5.67. The van der Waals surface area contributed by atoms with Gasteiger partial charge in [0.25, 0.3) is 0 Å². The molecule has 1 aromatic rings. The van der Waals surface area contributed by atoms with E-state index < -0.39 is 0 Å². The van der Waals surface area contributed by atoms with Crippen LogP contribution in [0.2, 0.25) is 0 Å². The summed E-state index contributed by atoms with van der Waals surface area (Å²) in [5.41, 5.74) is 0.690. The number of benzene rings is 1. The average Bonchev–Trinajstić information content (AvgIpc) is 2.15. The predicted molar refractivity (Wildman–Crippen MR) is 62.2 cm³/mol.